The molecule has 1 aromatic heterocycles. The van der Waals surface area contributed by atoms with Crippen LogP contribution in [0.4, 0.5) is 5.69 Å². The minimum absolute atomic E-state index is 0.0406. The van der Waals surface area contributed by atoms with Crippen molar-refractivity contribution in [2.45, 2.75) is 46.1 Å². The zero-order chi connectivity index (χ0) is 14.9. The lowest BCUT2D eigenvalue weighted by Crippen LogP contribution is -2.52. The molecule has 0 atom stereocenters. The maximum Gasteiger partial charge on any atom is 0.241 e. The molecule has 2 heterocycles. The van der Waals surface area contributed by atoms with Crippen LogP contribution in [0, 0.1) is 0 Å². The van der Waals surface area contributed by atoms with E-state index >= 15 is 0 Å². The molecule has 1 aliphatic rings. The van der Waals surface area contributed by atoms with Crippen molar-refractivity contribution in [3.8, 4) is 0 Å². The van der Waals surface area contributed by atoms with Gasteiger partial charge in [-0.2, -0.15) is 0 Å². The summed E-state index contributed by atoms with van der Waals surface area (Å²) in [5.41, 5.74) is 2.00. The van der Waals surface area contributed by atoms with Crippen molar-refractivity contribution in [1.82, 2.24) is 9.88 Å². The number of carbonyl (C=O) groups excluding carboxylic acids is 1. The molecular weight excluding hydrogens is 250 g/mol. The lowest BCUT2D eigenvalue weighted by atomic mass is 9.92. The Hall–Kier alpha value is -1.42. The van der Waals surface area contributed by atoms with Crippen molar-refractivity contribution in [3.63, 3.8) is 0 Å². The first-order valence-electron chi connectivity index (χ1n) is 7.30. The van der Waals surface area contributed by atoms with Crippen LogP contribution < -0.4 is 4.90 Å². The third-order valence-electron chi connectivity index (χ3n) is 3.81. The number of anilines is 1. The van der Waals surface area contributed by atoms with Crippen molar-refractivity contribution in [1.29, 1.82) is 0 Å². The first-order chi connectivity index (χ1) is 9.29. The van der Waals surface area contributed by atoms with Crippen LogP contribution in [0.3, 0.4) is 0 Å². The summed E-state index contributed by atoms with van der Waals surface area (Å²) < 4.78 is 0. The van der Waals surface area contributed by atoms with E-state index in [2.05, 4.69) is 44.5 Å². The molecule has 1 amide bonds. The van der Waals surface area contributed by atoms with Crippen LogP contribution in [0.25, 0.3) is 0 Å². The molecule has 0 N–H and O–H groups in total. The predicted molar refractivity (Wildman–Crippen MR) is 82.0 cm³/mol. The Morgan fingerprint density at radius 3 is 2.35 bits per heavy atom. The molecule has 1 aliphatic heterocycles. The van der Waals surface area contributed by atoms with E-state index in [9.17, 15) is 4.79 Å². The summed E-state index contributed by atoms with van der Waals surface area (Å²) in [5, 5.41) is 0. The molecule has 0 aliphatic carbocycles. The molecule has 0 radical (unpaired) electrons. The van der Waals surface area contributed by atoms with Crippen molar-refractivity contribution in [2.24, 2.45) is 0 Å². The molecule has 1 fully saturated rings. The van der Waals surface area contributed by atoms with Gasteiger partial charge in [0, 0.05) is 30.2 Å². The number of hydrogen-bond donors (Lipinski definition) is 0. The van der Waals surface area contributed by atoms with Crippen LogP contribution >= 0.6 is 0 Å². The quantitative estimate of drug-likeness (QED) is 0.832. The molecule has 4 heteroatoms. The molecule has 1 saturated heterocycles. The molecule has 20 heavy (non-hydrogen) atoms. The van der Waals surface area contributed by atoms with Gasteiger partial charge in [0.2, 0.25) is 5.91 Å². The summed E-state index contributed by atoms with van der Waals surface area (Å²) >= 11 is 0. The molecule has 1 aromatic rings. The lowest BCUT2D eigenvalue weighted by molar-refractivity contribution is -0.121. The van der Waals surface area contributed by atoms with Gasteiger partial charge in [-0.3, -0.25) is 14.7 Å². The second-order valence-electron chi connectivity index (χ2n) is 6.76. The highest BCUT2D eigenvalue weighted by Crippen LogP contribution is 2.23. The van der Waals surface area contributed by atoms with Gasteiger partial charge in [0.15, 0.2) is 0 Å². The number of amides is 1. The van der Waals surface area contributed by atoms with Crippen molar-refractivity contribution >= 4 is 11.6 Å². The molecule has 0 saturated carbocycles. The molecule has 2 rings (SSSR count). The van der Waals surface area contributed by atoms with Gasteiger partial charge in [-0.25, -0.2) is 0 Å². The maximum absolute atomic E-state index is 12.2. The van der Waals surface area contributed by atoms with E-state index in [0.717, 1.165) is 24.5 Å². The lowest BCUT2D eigenvalue weighted by Gasteiger charge is -2.36. The van der Waals surface area contributed by atoms with Gasteiger partial charge in [0.25, 0.3) is 0 Å². The van der Waals surface area contributed by atoms with Crippen LogP contribution in [-0.4, -0.2) is 41.5 Å². The molecule has 0 spiro atoms. The number of carbonyl (C=O) groups is 1. The SMILES string of the molecule is CC(C)N1CCN(c2ccc(C(C)(C)C)nc2)C(=O)C1. The fraction of sp³-hybridized carbons (Fsp3) is 0.625. The monoisotopic (exact) mass is 275 g/mol. The Balaban J connectivity index is 2.11. The second kappa shape index (κ2) is 5.52. The van der Waals surface area contributed by atoms with Crippen molar-refractivity contribution in [3.05, 3.63) is 24.0 Å². The van der Waals surface area contributed by atoms with E-state index in [1.165, 1.54) is 0 Å². The second-order valence-corrected chi connectivity index (χ2v) is 6.76. The first kappa shape index (κ1) is 15.0. The summed E-state index contributed by atoms with van der Waals surface area (Å²) in [6.45, 7) is 12.8. The smallest absolute Gasteiger partial charge is 0.241 e. The Morgan fingerprint density at radius 2 is 1.90 bits per heavy atom. The average Bonchev–Trinajstić information content (AvgIpc) is 2.37. The standard InChI is InChI=1S/C16H25N3O/c1-12(2)18-8-9-19(15(20)11-18)13-6-7-14(17-10-13)16(3,4)5/h6-7,10,12H,8-9,11H2,1-5H3. The van der Waals surface area contributed by atoms with Crippen molar-refractivity contribution in [2.75, 3.05) is 24.5 Å². The summed E-state index contributed by atoms with van der Waals surface area (Å²) in [5.74, 6) is 0.162. The van der Waals surface area contributed by atoms with Crippen LogP contribution in [0.15, 0.2) is 18.3 Å². The maximum atomic E-state index is 12.2. The molecule has 0 unspecified atom stereocenters. The topological polar surface area (TPSA) is 36.4 Å². The highest BCUT2D eigenvalue weighted by atomic mass is 16.2. The van der Waals surface area contributed by atoms with E-state index in [0.29, 0.717) is 12.6 Å². The van der Waals surface area contributed by atoms with Gasteiger partial charge in [-0.05, 0) is 26.0 Å². The third kappa shape index (κ3) is 3.18. The van der Waals surface area contributed by atoms with Gasteiger partial charge in [-0.1, -0.05) is 20.8 Å². The van der Waals surface area contributed by atoms with Gasteiger partial charge >= 0.3 is 0 Å². The third-order valence-corrected chi connectivity index (χ3v) is 3.81. The Labute approximate surface area is 121 Å². The van der Waals surface area contributed by atoms with E-state index in [-0.39, 0.29) is 11.3 Å². The largest absolute Gasteiger partial charge is 0.308 e. The summed E-state index contributed by atoms with van der Waals surface area (Å²) in [6, 6.07) is 4.45. The highest BCUT2D eigenvalue weighted by molar-refractivity contribution is 5.95. The van der Waals surface area contributed by atoms with Crippen LogP contribution in [-0.2, 0) is 10.2 Å². The normalized spacial score (nSPS) is 17.9. The van der Waals surface area contributed by atoms with Crippen molar-refractivity contribution < 1.29 is 4.79 Å². The minimum Gasteiger partial charge on any atom is -0.308 e. The Bertz CT molecular complexity index is 473. The summed E-state index contributed by atoms with van der Waals surface area (Å²) in [6.07, 6.45) is 1.82. The number of pyridine rings is 1. The van der Waals surface area contributed by atoms with Gasteiger partial charge in [-0.15, -0.1) is 0 Å². The average molecular weight is 275 g/mol. The predicted octanol–water partition coefficient (Wildman–Crippen LogP) is 2.44. The molecule has 4 nitrogen and oxygen atoms in total. The van der Waals surface area contributed by atoms with E-state index < -0.39 is 0 Å². The van der Waals surface area contributed by atoms with E-state index in [4.69, 9.17) is 0 Å². The zero-order valence-corrected chi connectivity index (χ0v) is 13.2. The number of hydrogen-bond acceptors (Lipinski definition) is 3. The zero-order valence-electron chi connectivity index (χ0n) is 13.2. The van der Waals surface area contributed by atoms with Gasteiger partial charge in [0.05, 0.1) is 18.4 Å². The molecule has 0 aromatic carbocycles. The van der Waals surface area contributed by atoms with Crippen LogP contribution in [0.2, 0.25) is 0 Å². The molecule has 0 bridgehead atoms. The summed E-state index contributed by atoms with van der Waals surface area (Å²) in [7, 11) is 0. The number of rotatable bonds is 2. The minimum atomic E-state index is 0.0406. The molecular formula is C16H25N3O. The van der Waals surface area contributed by atoms with Crippen LogP contribution in [0.1, 0.15) is 40.3 Å². The fourth-order valence-electron chi connectivity index (χ4n) is 2.39. The fourth-order valence-corrected chi connectivity index (χ4v) is 2.39. The Kier molecular flexibility index (Phi) is 4.14. The first-order valence-corrected chi connectivity index (χ1v) is 7.30. The Morgan fingerprint density at radius 1 is 1.20 bits per heavy atom. The summed E-state index contributed by atoms with van der Waals surface area (Å²) in [4.78, 5) is 20.8. The number of aromatic nitrogens is 1. The number of nitrogens with zero attached hydrogens (tertiary/aromatic N) is 3. The number of piperazine rings is 1. The highest BCUT2D eigenvalue weighted by Gasteiger charge is 2.26. The van der Waals surface area contributed by atoms with E-state index in [1.54, 1.807) is 0 Å². The van der Waals surface area contributed by atoms with E-state index in [1.807, 2.05) is 23.2 Å². The molecule has 110 valence electrons. The van der Waals surface area contributed by atoms with Gasteiger partial charge in [0.1, 0.15) is 0 Å². The van der Waals surface area contributed by atoms with Crippen LogP contribution in [0.5, 0.6) is 0 Å². The van der Waals surface area contributed by atoms with Gasteiger partial charge < -0.3 is 4.90 Å².